The van der Waals surface area contributed by atoms with Crippen molar-refractivity contribution < 1.29 is 19.2 Å². The lowest BCUT2D eigenvalue weighted by Gasteiger charge is -2.20. The number of esters is 1. The largest absolute Gasteiger partial charge is 0.456 e. The first kappa shape index (κ1) is 20.3. The molecular formula is C19H17ClN4O5. The topological polar surface area (TPSA) is 127 Å². The fraction of sp³-hybridized carbons (Fsp3) is 0.211. The summed E-state index contributed by atoms with van der Waals surface area (Å²) in [5.41, 5.74) is -0.545. The Bertz CT molecular complexity index is 1130. The number of H-pyrrole nitrogens is 1. The first-order valence-corrected chi connectivity index (χ1v) is 8.90. The zero-order chi connectivity index (χ0) is 21.3. The van der Waals surface area contributed by atoms with Crippen molar-refractivity contribution in [2.45, 2.75) is 26.4 Å². The van der Waals surface area contributed by atoms with Crippen LogP contribution < -0.4 is 5.32 Å². The summed E-state index contributed by atoms with van der Waals surface area (Å²) < 4.78 is 5.41. The number of nitro benzene ring substituents is 1. The number of para-hydroxylation sites is 1. The van der Waals surface area contributed by atoms with E-state index in [-0.39, 0.29) is 27.7 Å². The molecule has 10 heteroatoms. The number of halogens is 1. The SMILES string of the molecule is CC(C)(C)OC(=O)c1cc(NC(=O)c2ccccc2[N+](=O)[O-])cc2n[nH]c(Cl)c12. The van der Waals surface area contributed by atoms with Gasteiger partial charge < -0.3 is 10.1 Å². The van der Waals surface area contributed by atoms with Gasteiger partial charge in [0, 0.05) is 11.8 Å². The number of amides is 1. The van der Waals surface area contributed by atoms with Crippen LogP contribution in [0.5, 0.6) is 0 Å². The molecule has 1 heterocycles. The number of benzene rings is 2. The molecule has 0 aliphatic heterocycles. The van der Waals surface area contributed by atoms with Crippen LogP contribution >= 0.6 is 11.6 Å². The number of carbonyl (C=O) groups is 2. The molecular weight excluding hydrogens is 400 g/mol. The fourth-order valence-corrected chi connectivity index (χ4v) is 2.94. The highest BCUT2D eigenvalue weighted by Crippen LogP contribution is 2.30. The minimum Gasteiger partial charge on any atom is -0.456 e. The second kappa shape index (κ2) is 7.51. The zero-order valence-electron chi connectivity index (χ0n) is 15.8. The quantitative estimate of drug-likeness (QED) is 0.370. The smallest absolute Gasteiger partial charge is 0.339 e. The molecule has 0 aliphatic rings. The van der Waals surface area contributed by atoms with Crippen molar-refractivity contribution in [3.8, 4) is 0 Å². The molecule has 2 N–H and O–H groups in total. The molecule has 0 aliphatic carbocycles. The Hall–Kier alpha value is -3.46. The highest BCUT2D eigenvalue weighted by molar-refractivity contribution is 6.35. The number of ether oxygens (including phenoxy) is 1. The molecule has 0 bridgehead atoms. The molecule has 2 aromatic carbocycles. The molecule has 1 aromatic heterocycles. The van der Waals surface area contributed by atoms with Gasteiger partial charge in [0.2, 0.25) is 0 Å². The number of anilines is 1. The predicted molar refractivity (Wildman–Crippen MR) is 107 cm³/mol. The molecule has 150 valence electrons. The van der Waals surface area contributed by atoms with Crippen LogP contribution in [0.2, 0.25) is 5.15 Å². The van der Waals surface area contributed by atoms with E-state index in [9.17, 15) is 19.7 Å². The van der Waals surface area contributed by atoms with Crippen LogP contribution in [0.1, 0.15) is 41.5 Å². The lowest BCUT2D eigenvalue weighted by Crippen LogP contribution is -2.24. The summed E-state index contributed by atoms with van der Waals surface area (Å²) in [6.45, 7) is 5.16. The average molecular weight is 417 g/mol. The van der Waals surface area contributed by atoms with Crippen molar-refractivity contribution in [2.75, 3.05) is 5.32 Å². The van der Waals surface area contributed by atoms with Gasteiger partial charge in [-0.2, -0.15) is 5.10 Å². The van der Waals surface area contributed by atoms with Gasteiger partial charge in [0.25, 0.3) is 11.6 Å². The number of aromatic nitrogens is 2. The number of nitrogens with zero attached hydrogens (tertiary/aromatic N) is 2. The van der Waals surface area contributed by atoms with Gasteiger partial charge >= 0.3 is 5.97 Å². The molecule has 3 rings (SSSR count). The normalized spacial score (nSPS) is 11.3. The summed E-state index contributed by atoms with van der Waals surface area (Å²) in [5, 5.41) is 20.8. The molecule has 29 heavy (non-hydrogen) atoms. The third-order valence-electron chi connectivity index (χ3n) is 3.83. The van der Waals surface area contributed by atoms with Gasteiger partial charge in [-0.05, 0) is 39.0 Å². The van der Waals surface area contributed by atoms with E-state index in [0.29, 0.717) is 10.9 Å². The van der Waals surface area contributed by atoms with Gasteiger partial charge in [0.1, 0.15) is 16.3 Å². The van der Waals surface area contributed by atoms with E-state index in [0.717, 1.165) is 0 Å². The number of nitrogens with one attached hydrogen (secondary N) is 2. The van der Waals surface area contributed by atoms with E-state index >= 15 is 0 Å². The Morgan fingerprint density at radius 2 is 1.90 bits per heavy atom. The lowest BCUT2D eigenvalue weighted by atomic mass is 10.1. The van der Waals surface area contributed by atoms with E-state index in [1.54, 1.807) is 20.8 Å². The van der Waals surface area contributed by atoms with E-state index in [1.807, 2.05) is 0 Å². The molecule has 0 saturated heterocycles. The number of rotatable bonds is 4. The number of fused-ring (bicyclic) bond motifs is 1. The maximum absolute atomic E-state index is 12.7. The van der Waals surface area contributed by atoms with E-state index in [4.69, 9.17) is 16.3 Å². The van der Waals surface area contributed by atoms with Crippen molar-refractivity contribution in [1.82, 2.24) is 10.2 Å². The molecule has 1 amide bonds. The van der Waals surface area contributed by atoms with Crippen LogP contribution in [0.25, 0.3) is 10.9 Å². The number of hydrogen-bond donors (Lipinski definition) is 2. The first-order chi connectivity index (χ1) is 13.6. The number of nitro groups is 1. The summed E-state index contributed by atoms with van der Waals surface area (Å²) in [6.07, 6.45) is 0. The van der Waals surface area contributed by atoms with Gasteiger partial charge in [-0.3, -0.25) is 20.0 Å². The Labute approximate surface area is 170 Å². The van der Waals surface area contributed by atoms with Crippen LogP contribution in [-0.4, -0.2) is 32.6 Å². The van der Waals surface area contributed by atoms with Crippen molar-refractivity contribution in [1.29, 1.82) is 0 Å². The Balaban J connectivity index is 2.02. The second-order valence-electron chi connectivity index (χ2n) is 7.19. The predicted octanol–water partition coefficient (Wildman–Crippen LogP) is 4.33. The van der Waals surface area contributed by atoms with Crippen molar-refractivity contribution in [3.05, 3.63) is 62.8 Å². The maximum atomic E-state index is 12.7. The Morgan fingerprint density at radius 3 is 2.55 bits per heavy atom. The van der Waals surface area contributed by atoms with Crippen LogP contribution in [0.4, 0.5) is 11.4 Å². The molecule has 0 radical (unpaired) electrons. The minimum atomic E-state index is -0.747. The third kappa shape index (κ3) is 4.35. The van der Waals surface area contributed by atoms with Crippen molar-refractivity contribution in [3.63, 3.8) is 0 Å². The number of aromatic amines is 1. The van der Waals surface area contributed by atoms with Gasteiger partial charge in [0.05, 0.1) is 21.4 Å². The molecule has 0 spiro atoms. The monoisotopic (exact) mass is 416 g/mol. The summed E-state index contributed by atoms with van der Waals surface area (Å²) in [7, 11) is 0. The van der Waals surface area contributed by atoms with E-state index < -0.39 is 22.4 Å². The highest BCUT2D eigenvalue weighted by atomic mass is 35.5. The van der Waals surface area contributed by atoms with Crippen LogP contribution in [-0.2, 0) is 4.74 Å². The number of carbonyl (C=O) groups excluding carboxylic acids is 2. The van der Waals surface area contributed by atoms with Gasteiger partial charge in [0.15, 0.2) is 0 Å². The summed E-state index contributed by atoms with van der Waals surface area (Å²) >= 11 is 6.11. The van der Waals surface area contributed by atoms with Crippen LogP contribution in [0.15, 0.2) is 36.4 Å². The minimum absolute atomic E-state index is 0.106. The van der Waals surface area contributed by atoms with E-state index in [2.05, 4.69) is 15.5 Å². The van der Waals surface area contributed by atoms with Gasteiger partial charge in [-0.15, -0.1) is 0 Å². The van der Waals surface area contributed by atoms with Gasteiger partial charge in [-0.25, -0.2) is 4.79 Å². The second-order valence-corrected chi connectivity index (χ2v) is 7.56. The summed E-state index contributed by atoms with van der Waals surface area (Å²) in [6, 6.07) is 8.45. The maximum Gasteiger partial charge on any atom is 0.339 e. The van der Waals surface area contributed by atoms with Gasteiger partial charge in [-0.1, -0.05) is 23.7 Å². The van der Waals surface area contributed by atoms with E-state index in [1.165, 1.54) is 36.4 Å². The molecule has 0 unspecified atom stereocenters. The molecule has 3 aromatic rings. The Kier molecular flexibility index (Phi) is 5.25. The molecule has 0 fully saturated rings. The first-order valence-electron chi connectivity index (χ1n) is 8.52. The van der Waals surface area contributed by atoms with Crippen LogP contribution in [0.3, 0.4) is 0 Å². The number of hydrogen-bond acceptors (Lipinski definition) is 6. The highest BCUT2D eigenvalue weighted by Gasteiger charge is 2.24. The molecule has 0 atom stereocenters. The fourth-order valence-electron chi connectivity index (χ4n) is 2.70. The zero-order valence-corrected chi connectivity index (χ0v) is 16.5. The summed E-state index contributed by atoms with van der Waals surface area (Å²) in [5.74, 6) is -1.35. The lowest BCUT2D eigenvalue weighted by molar-refractivity contribution is -0.385. The molecule has 0 saturated carbocycles. The third-order valence-corrected chi connectivity index (χ3v) is 4.11. The molecule has 9 nitrogen and oxygen atoms in total. The van der Waals surface area contributed by atoms with Crippen molar-refractivity contribution in [2.24, 2.45) is 0 Å². The average Bonchev–Trinajstić information content (AvgIpc) is 3.00. The Morgan fingerprint density at radius 1 is 1.21 bits per heavy atom. The summed E-state index contributed by atoms with van der Waals surface area (Å²) in [4.78, 5) is 35.8. The van der Waals surface area contributed by atoms with Crippen molar-refractivity contribution >= 4 is 45.8 Å². The van der Waals surface area contributed by atoms with Crippen LogP contribution in [0, 0.1) is 10.1 Å². The standard InChI is InChI=1S/C19H17ClN4O5/c1-19(2,3)29-18(26)12-8-10(9-13-15(12)16(20)23-22-13)21-17(25)11-6-4-5-7-14(11)24(27)28/h4-9H,1-3H3,(H,21,25)(H,22,23).